The zero-order valence-corrected chi connectivity index (χ0v) is 14.5. The molecule has 2 saturated carbocycles. The van der Waals surface area contributed by atoms with Crippen LogP contribution in [0.1, 0.15) is 103 Å². The number of ether oxygens (including phenoxy) is 1. The summed E-state index contributed by atoms with van der Waals surface area (Å²) in [5.74, 6) is 0. The van der Waals surface area contributed by atoms with Crippen LogP contribution in [0.25, 0.3) is 0 Å². The van der Waals surface area contributed by atoms with Gasteiger partial charge in [0.2, 0.25) is 0 Å². The summed E-state index contributed by atoms with van der Waals surface area (Å²) in [5, 5.41) is 4.07. The highest BCUT2D eigenvalue weighted by atomic mass is 16.5. The molecule has 0 aromatic heterocycles. The Kier molecular flexibility index (Phi) is 7.07. The van der Waals surface area contributed by atoms with E-state index in [0.717, 1.165) is 12.1 Å². The third-order valence-corrected chi connectivity index (χ3v) is 6.11. The van der Waals surface area contributed by atoms with Crippen LogP contribution in [0, 0.1) is 0 Å². The third-order valence-electron chi connectivity index (χ3n) is 6.11. The van der Waals surface area contributed by atoms with Crippen molar-refractivity contribution in [1.29, 1.82) is 0 Å². The summed E-state index contributed by atoms with van der Waals surface area (Å²) in [6.45, 7) is 0. The van der Waals surface area contributed by atoms with Crippen molar-refractivity contribution in [3.05, 3.63) is 0 Å². The minimum Gasteiger partial charge on any atom is -0.375 e. The van der Waals surface area contributed by atoms with Gasteiger partial charge < -0.3 is 10.1 Å². The summed E-state index contributed by atoms with van der Waals surface area (Å²) in [6.07, 6.45) is 23.2. The molecule has 4 unspecified atom stereocenters. The zero-order valence-electron chi connectivity index (χ0n) is 14.5. The van der Waals surface area contributed by atoms with E-state index in [9.17, 15) is 0 Å². The van der Waals surface area contributed by atoms with Crippen LogP contribution in [0.2, 0.25) is 0 Å². The van der Waals surface area contributed by atoms with Crippen LogP contribution < -0.4 is 5.32 Å². The van der Waals surface area contributed by atoms with Crippen LogP contribution in [0.4, 0.5) is 0 Å². The highest BCUT2D eigenvalue weighted by Crippen LogP contribution is 2.28. The SMILES string of the molecule is C1CCCC2CC(CCC1)OC1CCCCCCCC(C1)N2. The highest BCUT2D eigenvalue weighted by molar-refractivity contribution is 4.84. The van der Waals surface area contributed by atoms with Crippen molar-refractivity contribution in [3.8, 4) is 0 Å². The van der Waals surface area contributed by atoms with E-state index >= 15 is 0 Å². The van der Waals surface area contributed by atoms with Crippen molar-refractivity contribution in [1.82, 2.24) is 5.32 Å². The van der Waals surface area contributed by atoms with Gasteiger partial charge in [-0.15, -0.1) is 0 Å². The topological polar surface area (TPSA) is 21.3 Å². The van der Waals surface area contributed by atoms with E-state index in [1.54, 1.807) is 0 Å². The summed E-state index contributed by atoms with van der Waals surface area (Å²) in [5.41, 5.74) is 0. The van der Waals surface area contributed by atoms with Crippen LogP contribution in [-0.2, 0) is 4.74 Å². The summed E-state index contributed by atoms with van der Waals surface area (Å²) >= 11 is 0. The first-order valence-electron chi connectivity index (χ1n) is 10.3. The first-order chi connectivity index (χ1) is 10.9. The first kappa shape index (κ1) is 16.8. The van der Waals surface area contributed by atoms with E-state index in [0.29, 0.717) is 12.2 Å². The molecule has 0 spiro atoms. The lowest BCUT2D eigenvalue weighted by atomic mass is 9.90. The number of hydrogen-bond donors (Lipinski definition) is 1. The maximum absolute atomic E-state index is 6.66. The molecule has 0 aromatic carbocycles. The number of nitrogens with one attached hydrogen (secondary N) is 1. The smallest absolute Gasteiger partial charge is 0.0593 e. The van der Waals surface area contributed by atoms with Gasteiger partial charge in [0.05, 0.1) is 12.2 Å². The second kappa shape index (κ2) is 9.27. The lowest BCUT2D eigenvalue weighted by molar-refractivity contribution is -0.0523. The van der Waals surface area contributed by atoms with Crippen molar-refractivity contribution in [2.45, 2.75) is 127 Å². The predicted octanol–water partition coefficient (Wildman–Crippen LogP) is 5.35. The van der Waals surface area contributed by atoms with E-state index in [2.05, 4.69) is 5.32 Å². The standard InChI is InChI=1S/C20H37NO/c1-3-7-11-17-15-19(13-9-5-1)22-20-14-10-6-2-4-8-12-18(16-20)21-17/h17-21H,1-16H2. The van der Waals surface area contributed by atoms with Crippen molar-refractivity contribution in [2.24, 2.45) is 0 Å². The van der Waals surface area contributed by atoms with Crippen molar-refractivity contribution in [2.75, 3.05) is 0 Å². The quantitative estimate of drug-likeness (QED) is 0.651. The molecule has 0 amide bonds. The average Bonchev–Trinajstić information content (AvgIpc) is 2.51. The first-order valence-corrected chi connectivity index (χ1v) is 10.3. The molecule has 128 valence electrons. The minimum absolute atomic E-state index is 0.532. The Balaban J connectivity index is 1.65. The molecule has 2 nitrogen and oxygen atoms in total. The average molecular weight is 308 g/mol. The zero-order chi connectivity index (χ0) is 15.0. The van der Waals surface area contributed by atoms with Crippen LogP contribution >= 0.6 is 0 Å². The van der Waals surface area contributed by atoms with Crippen LogP contribution in [0.5, 0.6) is 0 Å². The Labute approximate surface area is 137 Å². The van der Waals surface area contributed by atoms with Crippen LogP contribution in [-0.4, -0.2) is 24.3 Å². The molecule has 2 heteroatoms. The van der Waals surface area contributed by atoms with E-state index in [-0.39, 0.29) is 0 Å². The van der Waals surface area contributed by atoms with Gasteiger partial charge in [0, 0.05) is 12.1 Å². The minimum atomic E-state index is 0.532. The molecule has 1 saturated heterocycles. The Morgan fingerprint density at radius 3 is 1.41 bits per heavy atom. The Hall–Kier alpha value is -0.0800. The molecular formula is C20H37NO. The lowest BCUT2D eigenvalue weighted by Crippen LogP contribution is -2.46. The molecule has 4 bridgehead atoms. The van der Waals surface area contributed by atoms with Gasteiger partial charge in [-0.1, -0.05) is 64.2 Å². The fourth-order valence-electron chi connectivity index (χ4n) is 4.85. The van der Waals surface area contributed by atoms with Crippen LogP contribution in [0.15, 0.2) is 0 Å². The van der Waals surface area contributed by atoms with Crippen molar-refractivity contribution >= 4 is 0 Å². The fraction of sp³-hybridized carbons (Fsp3) is 1.00. The van der Waals surface area contributed by atoms with E-state index in [1.807, 2.05) is 0 Å². The molecule has 4 atom stereocenters. The predicted molar refractivity (Wildman–Crippen MR) is 93.2 cm³/mol. The summed E-state index contributed by atoms with van der Waals surface area (Å²) < 4.78 is 6.66. The number of hydrogen-bond acceptors (Lipinski definition) is 2. The Morgan fingerprint density at radius 1 is 0.500 bits per heavy atom. The van der Waals surface area contributed by atoms with Gasteiger partial charge in [0.25, 0.3) is 0 Å². The summed E-state index contributed by atoms with van der Waals surface area (Å²) in [4.78, 5) is 0. The fourth-order valence-corrected chi connectivity index (χ4v) is 4.85. The highest BCUT2D eigenvalue weighted by Gasteiger charge is 2.28. The Morgan fingerprint density at radius 2 is 0.909 bits per heavy atom. The molecule has 0 radical (unpaired) electrons. The molecule has 3 fully saturated rings. The normalized spacial score (nSPS) is 39.3. The van der Waals surface area contributed by atoms with Gasteiger partial charge >= 0.3 is 0 Å². The van der Waals surface area contributed by atoms with E-state index in [4.69, 9.17) is 4.74 Å². The summed E-state index contributed by atoms with van der Waals surface area (Å²) in [6, 6.07) is 1.44. The maximum atomic E-state index is 6.66. The molecular weight excluding hydrogens is 270 g/mol. The molecule has 0 aromatic rings. The molecule has 1 aliphatic heterocycles. The molecule has 3 rings (SSSR count). The molecule has 22 heavy (non-hydrogen) atoms. The number of fused-ring (bicyclic) bond motifs is 4. The van der Waals surface area contributed by atoms with Gasteiger partial charge in [-0.3, -0.25) is 0 Å². The van der Waals surface area contributed by atoms with E-state index in [1.165, 1.54) is 103 Å². The van der Waals surface area contributed by atoms with Gasteiger partial charge in [-0.2, -0.15) is 0 Å². The molecule has 1 N–H and O–H groups in total. The largest absolute Gasteiger partial charge is 0.375 e. The second-order valence-corrected chi connectivity index (χ2v) is 8.10. The van der Waals surface area contributed by atoms with Gasteiger partial charge in [-0.05, 0) is 38.5 Å². The maximum Gasteiger partial charge on any atom is 0.0593 e. The monoisotopic (exact) mass is 307 g/mol. The molecule has 1 heterocycles. The van der Waals surface area contributed by atoms with Crippen molar-refractivity contribution < 1.29 is 4.74 Å². The van der Waals surface area contributed by atoms with E-state index < -0.39 is 0 Å². The molecule has 2 aliphatic carbocycles. The number of rotatable bonds is 0. The van der Waals surface area contributed by atoms with Crippen LogP contribution in [0.3, 0.4) is 0 Å². The molecule has 3 aliphatic rings. The Bertz CT molecular complexity index is 252. The second-order valence-electron chi connectivity index (χ2n) is 8.10. The van der Waals surface area contributed by atoms with Gasteiger partial charge in [-0.25, -0.2) is 0 Å². The third kappa shape index (κ3) is 5.53. The lowest BCUT2D eigenvalue weighted by Gasteiger charge is -2.37. The van der Waals surface area contributed by atoms with Gasteiger partial charge in [0.15, 0.2) is 0 Å². The van der Waals surface area contributed by atoms with Gasteiger partial charge in [0.1, 0.15) is 0 Å². The van der Waals surface area contributed by atoms with Crippen molar-refractivity contribution in [3.63, 3.8) is 0 Å². The summed E-state index contributed by atoms with van der Waals surface area (Å²) in [7, 11) is 0.